The molecule has 0 N–H and O–H groups in total. The Morgan fingerprint density at radius 3 is 0.964 bits per heavy atom. The molecule has 0 aliphatic heterocycles. The zero-order valence-electron chi connectivity index (χ0n) is 46.7. The molecule has 83 heavy (non-hydrogen) atoms. The van der Waals surface area contributed by atoms with Gasteiger partial charge in [-0.05, 0) is 162 Å². The van der Waals surface area contributed by atoms with Gasteiger partial charge in [0.1, 0.15) is 17.6 Å². The largest absolute Gasteiger partial charge is 0.494 e. The average Bonchev–Trinajstić information content (AvgIpc) is 3.70. The van der Waals surface area contributed by atoms with Crippen molar-refractivity contribution in [2.45, 2.75) is 93.9 Å². The molecule has 4 aromatic heterocycles. The second-order valence-corrected chi connectivity index (χ2v) is 17.9. The molecule has 8 aromatic rings. The Morgan fingerprint density at radius 1 is 0.349 bits per heavy atom. The number of benzene rings is 4. The Hall–Kier alpha value is -8.24. The molecule has 0 fully saturated rings. The van der Waals surface area contributed by atoms with Crippen molar-refractivity contribution in [1.82, 2.24) is 19.9 Å². The number of hydrogen-bond acceptors (Lipinski definition) is 6. The quantitative estimate of drug-likeness (QED) is 0.0456. The normalized spacial score (nSPS) is 9.64. The van der Waals surface area contributed by atoms with Gasteiger partial charge in [-0.15, -0.1) is 0 Å². The van der Waals surface area contributed by atoms with Gasteiger partial charge in [-0.2, -0.15) is 0 Å². The second-order valence-electron chi connectivity index (χ2n) is 17.9. The average molecular weight is 1290 g/mol. The van der Waals surface area contributed by atoms with Gasteiger partial charge in [-0.25, -0.2) is 0 Å². The van der Waals surface area contributed by atoms with Gasteiger partial charge in [0.05, 0.1) is 6.61 Å². The zero-order valence-corrected chi connectivity index (χ0v) is 49.6. The van der Waals surface area contributed by atoms with Crippen molar-refractivity contribution in [2.75, 3.05) is 6.61 Å². The van der Waals surface area contributed by atoms with E-state index in [-0.39, 0.29) is 63.9 Å². The van der Waals surface area contributed by atoms with Gasteiger partial charge in [-0.1, -0.05) is 205 Å². The number of aromatic nitrogens is 4. The molecule has 0 unspecified atom stereocenters. The molecule has 0 spiro atoms. The molecule has 0 atom stereocenters. The fourth-order valence-corrected chi connectivity index (χ4v) is 7.07. The van der Waals surface area contributed by atoms with Crippen LogP contribution in [0.5, 0.6) is 11.5 Å². The van der Waals surface area contributed by atoms with Crippen LogP contribution in [0, 0.1) is 61.4 Å². The van der Waals surface area contributed by atoms with E-state index in [9.17, 15) is 0 Å². The maximum atomic E-state index is 5.84. The Labute approximate surface area is 533 Å². The summed E-state index contributed by atoms with van der Waals surface area (Å²) >= 11 is 0. The third-order valence-corrected chi connectivity index (χ3v) is 11.5. The Balaban J connectivity index is -0.00000106. The minimum atomic E-state index is 0. The van der Waals surface area contributed by atoms with E-state index in [1.165, 1.54) is 83.9 Å². The number of nitrogens with zero attached hydrogens (tertiary/aromatic N) is 4. The molecule has 8 heteroatoms. The van der Waals surface area contributed by atoms with Gasteiger partial charge in [0.25, 0.3) is 0 Å². The van der Waals surface area contributed by atoms with E-state index in [0.717, 1.165) is 35.5 Å². The van der Waals surface area contributed by atoms with Crippen LogP contribution < -0.4 is 9.47 Å². The summed E-state index contributed by atoms with van der Waals surface area (Å²) in [4.78, 5) is 16.0. The smallest absolute Gasteiger partial charge is 0.140 e. The van der Waals surface area contributed by atoms with Crippen molar-refractivity contribution in [3.63, 3.8) is 0 Å². The van der Waals surface area contributed by atoms with E-state index in [1.54, 1.807) is 44.1 Å². The molecule has 0 amide bonds. The van der Waals surface area contributed by atoms with Crippen molar-refractivity contribution in [3.05, 3.63) is 251 Å². The predicted molar refractivity (Wildman–Crippen MR) is 353 cm³/mol. The standard InChI is InChI=1S/C23H31NO.C22H13NO.2C14H13N.2CH4.2Ag.3H2/c1-2-3-4-5-6-7-8-9-20-25-23-14-12-21(13-15-23)10-11-22-16-18-24-19-17-22;1-2-3-4-5-6-7-8-19-24-22-13-11-20(12-14-22)9-10-21-15-17-23-18-16-21;2*1-12-2-4-13(5-3-12)6-7-14-8-10-15-11-9-14;;;;;;;/h10-19H,2-9,20H2,1H3;9-18H,1H3;2*2-11H,1H3;2*1H4;;;3*1H/b11-10+;10-9+;2*7-6+;;;;;;;. The molecule has 2 radical (unpaired) electrons. The molecule has 4 aromatic carbocycles. The third kappa shape index (κ3) is 34.6. The van der Waals surface area contributed by atoms with E-state index < -0.39 is 0 Å². The minimum Gasteiger partial charge on any atom is -0.494 e. The van der Waals surface area contributed by atoms with Crippen LogP contribution in [0.1, 0.15) is 140 Å². The topological polar surface area (TPSA) is 70.0 Å². The summed E-state index contributed by atoms with van der Waals surface area (Å²) in [6, 6.07) is 48.7. The SMILES string of the molecule is C.C.CC#CC#CC#CC#COc1ccc(/C=C/c2ccncc2)cc1.CCCCCCCCCCOc1ccc(/C=C/c2ccncc2)cc1.Cc1ccc(/C=C/c2ccncc2)cc1.Cc1ccc(/C=C/c2ccncc2)cc1.[Ag].[Ag].[HH].[HH].[HH]. The van der Waals surface area contributed by atoms with E-state index in [2.05, 4.69) is 198 Å². The van der Waals surface area contributed by atoms with Crippen LogP contribution in [0.25, 0.3) is 48.6 Å². The predicted octanol–water partition coefficient (Wildman–Crippen LogP) is 19.5. The summed E-state index contributed by atoms with van der Waals surface area (Å²) in [7, 11) is 0. The Bertz CT molecular complexity index is 3250. The third-order valence-electron chi connectivity index (χ3n) is 11.5. The molecule has 0 saturated carbocycles. The maximum absolute atomic E-state index is 5.84. The Kier molecular flexibility index (Phi) is 41.6. The van der Waals surface area contributed by atoms with E-state index >= 15 is 0 Å². The number of pyridine rings is 4. The summed E-state index contributed by atoms with van der Waals surface area (Å²) in [5, 5.41) is 0. The molecule has 0 aliphatic rings. The fraction of sp³-hybridized carbons (Fsp3) is 0.200. The van der Waals surface area contributed by atoms with E-state index in [1.807, 2.05) is 97.3 Å². The van der Waals surface area contributed by atoms with Crippen molar-refractivity contribution < 1.29 is 58.5 Å². The Morgan fingerprint density at radius 2 is 0.627 bits per heavy atom. The summed E-state index contributed by atoms with van der Waals surface area (Å²) < 4.78 is 11.1. The number of aryl methyl sites for hydroxylation is 2. The van der Waals surface area contributed by atoms with Crippen LogP contribution in [0.4, 0.5) is 0 Å². The van der Waals surface area contributed by atoms with Crippen LogP contribution in [-0.4, -0.2) is 26.5 Å². The minimum absolute atomic E-state index is 0. The van der Waals surface area contributed by atoms with Crippen molar-refractivity contribution in [1.29, 1.82) is 0 Å². The first-order chi connectivity index (χ1) is 38.9. The second kappa shape index (κ2) is 47.4. The number of hydrogen-bond donors (Lipinski definition) is 0. The fourth-order valence-electron chi connectivity index (χ4n) is 7.07. The van der Waals surface area contributed by atoms with Crippen LogP contribution in [0.3, 0.4) is 0 Å². The molecule has 438 valence electrons. The zero-order chi connectivity index (χ0) is 55.5. The van der Waals surface area contributed by atoms with Gasteiger partial charge in [0.2, 0.25) is 0 Å². The molecular weight excluding hydrogens is 1200 g/mol. The number of ether oxygens (including phenoxy) is 2. The van der Waals surface area contributed by atoms with Gasteiger partial charge < -0.3 is 9.47 Å². The first-order valence-electron chi connectivity index (χ1n) is 26.8. The molecular formula is C75H84Ag2N4O2. The first-order valence-corrected chi connectivity index (χ1v) is 26.8. The molecule has 8 rings (SSSR count). The maximum Gasteiger partial charge on any atom is 0.140 e. The summed E-state index contributed by atoms with van der Waals surface area (Å²) in [5.74, 6) is 19.7. The molecule has 0 bridgehead atoms. The van der Waals surface area contributed by atoms with Crippen LogP contribution in [0.2, 0.25) is 0 Å². The first kappa shape index (κ1) is 72.8. The molecule has 6 nitrogen and oxygen atoms in total. The molecule has 0 saturated heterocycles. The summed E-state index contributed by atoms with van der Waals surface area (Å²) in [6.45, 7) is 8.99. The van der Waals surface area contributed by atoms with Crippen LogP contribution >= 0.6 is 0 Å². The molecule has 4 heterocycles. The van der Waals surface area contributed by atoms with Crippen molar-refractivity contribution in [2.24, 2.45) is 0 Å². The van der Waals surface area contributed by atoms with Gasteiger partial charge in [-0.3, -0.25) is 19.9 Å². The van der Waals surface area contributed by atoms with Gasteiger partial charge in [0, 0.05) is 116 Å². The van der Waals surface area contributed by atoms with Crippen molar-refractivity contribution in [3.8, 4) is 59.0 Å². The summed E-state index contributed by atoms with van der Waals surface area (Å²) in [5.41, 5.74) is 11.9. The molecule has 0 aliphatic carbocycles. The van der Waals surface area contributed by atoms with E-state index in [4.69, 9.17) is 9.47 Å². The summed E-state index contributed by atoms with van der Waals surface area (Å²) in [6.07, 6.45) is 44.1. The van der Waals surface area contributed by atoms with Gasteiger partial charge in [0.15, 0.2) is 0 Å². The van der Waals surface area contributed by atoms with Gasteiger partial charge >= 0.3 is 0 Å². The number of unbranched alkanes of at least 4 members (excludes halogenated alkanes) is 7. The monoisotopic (exact) mass is 1290 g/mol. The van der Waals surface area contributed by atoms with E-state index in [0.29, 0.717) is 5.75 Å². The van der Waals surface area contributed by atoms with Crippen molar-refractivity contribution >= 4 is 48.6 Å². The van der Waals surface area contributed by atoms with Crippen LogP contribution in [-0.2, 0) is 44.8 Å². The number of rotatable bonds is 19. The van der Waals surface area contributed by atoms with Crippen LogP contribution in [0.15, 0.2) is 195 Å².